The van der Waals surface area contributed by atoms with Crippen LogP contribution in [0.4, 0.5) is 0 Å². The summed E-state index contributed by atoms with van der Waals surface area (Å²) in [5, 5.41) is 0. The van der Waals surface area contributed by atoms with Gasteiger partial charge in [-0.2, -0.15) is 0 Å². The molecule has 0 rings (SSSR count). The zero-order valence-corrected chi connectivity index (χ0v) is 10.9. The van der Waals surface area contributed by atoms with Gasteiger partial charge in [0, 0.05) is 3.92 Å². The predicted molar refractivity (Wildman–Crippen MR) is 65.5 cm³/mol. The average Bonchev–Trinajstić information content (AvgIpc) is 1.89. The van der Waals surface area contributed by atoms with Crippen LogP contribution in [0, 0.1) is 0 Å². The predicted octanol–water partition coefficient (Wildman–Crippen LogP) is 4.20. The van der Waals surface area contributed by atoms with Crippen LogP contribution in [0.2, 0.25) is 0 Å². The molecule has 0 aromatic rings. The van der Waals surface area contributed by atoms with Gasteiger partial charge < -0.3 is 0 Å². The molecule has 0 aromatic heterocycles. The van der Waals surface area contributed by atoms with Gasteiger partial charge in [0.25, 0.3) is 0 Å². The lowest BCUT2D eigenvalue weighted by Crippen LogP contribution is -1.96. The first-order valence-electron chi connectivity index (χ1n) is 4.01. The van der Waals surface area contributed by atoms with E-state index < -0.39 is 0 Å². The molecule has 1 atom stereocenters. The second-order valence-electron chi connectivity index (χ2n) is 2.57. The van der Waals surface area contributed by atoms with E-state index >= 15 is 0 Å². The van der Waals surface area contributed by atoms with Crippen molar-refractivity contribution in [3.8, 4) is 0 Å². The standard InChI is InChI=1S/C8H16I2/c1-2-5-8(10)6-3-4-7-9/h8H,2-7H2,1H3/t8-/m1/s1. The molecule has 0 fully saturated rings. The first kappa shape index (κ1) is 11.5. The van der Waals surface area contributed by atoms with Crippen LogP contribution in [-0.2, 0) is 0 Å². The third-order valence-electron chi connectivity index (χ3n) is 1.50. The lowest BCUT2D eigenvalue weighted by Gasteiger charge is -2.05. The molecular weight excluding hydrogens is 350 g/mol. The van der Waals surface area contributed by atoms with E-state index in [2.05, 4.69) is 52.1 Å². The zero-order chi connectivity index (χ0) is 7.82. The van der Waals surface area contributed by atoms with Gasteiger partial charge in [-0.05, 0) is 23.7 Å². The lowest BCUT2D eigenvalue weighted by molar-refractivity contribution is 0.660. The van der Waals surface area contributed by atoms with Crippen LogP contribution in [0.15, 0.2) is 0 Å². The maximum Gasteiger partial charge on any atom is 0.0109 e. The number of rotatable bonds is 6. The maximum absolute atomic E-state index is 2.58. The van der Waals surface area contributed by atoms with Gasteiger partial charge in [0.05, 0.1) is 0 Å². The molecule has 0 heterocycles. The minimum atomic E-state index is 0.936. The second kappa shape index (κ2) is 8.56. The van der Waals surface area contributed by atoms with Crippen molar-refractivity contribution >= 4 is 45.2 Å². The molecule has 0 bridgehead atoms. The third kappa shape index (κ3) is 7.57. The Morgan fingerprint density at radius 2 is 1.90 bits per heavy atom. The average molecular weight is 366 g/mol. The minimum Gasteiger partial charge on any atom is -0.0864 e. The van der Waals surface area contributed by atoms with Crippen LogP contribution < -0.4 is 0 Å². The molecule has 0 amide bonds. The van der Waals surface area contributed by atoms with Crippen molar-refractivity contribution in [2.45, 2.75) is 43.0 Å². The van der Waals surface area contributed by atoms with Crippen molar-refractivity contribution in [2.75, 3.05) is 4.43 Å². The second-order valence-corrected chi connectivity index (χ2v) is 5.41. The van der Waals surface area contributed by atoms with Gasteiger partial charge in [-0.15, -0.1) is 0 Å². The summed E-state index contributed by atoms with van der Waals surface area (Å²) in [7, 11) is 0. The van der Waals surface area contributed by atoms with E-state index in [0.29, 0.717) is 0 Å². The lowest BCUT2D eigenvalue weighted by atomic mass is 10.1. The van der Waals surface area contributed by atoms with Crippen LogP contribution in [-0.4, -0.2) is 8.35 Å². The Morgan fingerprint density at radius 1 is 1.20 bits per heavy atom. The molecule has 0 nitrogen and oxygen atoms in total. The van der Waals surface area contributed by atoms with Gasteiger partial charge in [-0.25, -0.2) is 0 Å². The number of hydrogen-bond donors (Lipinski definition) is 0. The highest BCUT2D eigenvalue weighted by Gasteiger charge is 2.00. The van der Waals surface area contributed by atoms with E-state index in [1.54, 1.807) is 0 Å². The van der Waals surface area contributed by atoms with Crippen LogP contribution in [0.25, 0.3) is 0 Å². The van der Waals surface area contributed by atoms with E-state index in [4.69, 9.17) is 0 Å². The normalized spacial score (nSPS) is 13.5. The van der Waals surface area contributed by atoms with E-state index in [-0.39, 0.29) is 0 Å². The fraction of sp³-hybridized carbons (Fsp3) is 1.00. The van der Waals surface area contributed by atoms with Gasteiger partial charge >= 0.3 is 0 Å². The van der Waals surface area contributed by atoms with Crippen molar-refractivity contribution < 1.29 is 0 Å². The molecule has 0 saturated carbocycles. The summed E-state index contributed by atoms with van der Waals surface area (Å²) in [6, 6.07) is 0. The molecule has 2 heteroatoms. The fourth-order valence-electron chi connectivity index (χ4n) is 0.918. The Kier molecular flexibility index (Phi) is 9.80. The highest BCUT2D eigenvalue weighted by molar-refractivity contribution is 14.1. The Morgan fingerprint density at radius 3 is 2.40 bits per heavy atom. The molecule has 0 aliphatic heterocycles. The number of hydrogen-bond acceptors (Lipinski definition) is 0. The molecule has 10 heavy (non-hydrogen) atoms. The van der Waals surface area contributed by atoms with Crippen molar-refractivity contribution in [1.29, 1.82) is 0 Å². The molecule has 0 spiro atoms. The summed E-state index contributed by atoms with van der Waals surface area (Å²) < 4.78 is 2.26. The van der Waals surface area contributed by atoms with Crippen molar-refractivity contribution in [2.24, 2.45) is 0 Å². The van der Waals surface area contributed by atoms with Gasteiger partial charge in [0.2, 0.25) is 0 Å². The molecule has 0 aliphatic carbocycles. The molecule has 0 saturated heterocycles. The fourth-order valence-corrected chi connectivity index (χ4v) is 2.52. The van der Waals surface area contributed by atoms with E-state index in [1.165, 1.54) is 36.5 Å². The SMILES string of the molecule is CCC[C@@H](I)CCCCI. The third-order valence-corrected chi connectivity index (χ3v) is 3.51. The summed E-state index contributed by atoms with van der Waals surface area (Å²) in [4.78, 5) is 0. The highest BCUT2D eigenvalue weighted by atomic mass is 127. The maximum atomic E-state index is 2.58. The molecule has 0 aliphatic rings. The zero-order valence-electron chi connectivity index (χ0n) is 6.58. The molecule has 0 radical (unpaired) electrons. The van der Waals surface area contributed by atoms with Gasteiger partial charge in [0.1, 0.15) is 0 Å². The van der Waals surface area contributed by atoms with Crippen molar-refractivity contribution in [3.63, 3.8) is 0 Å². The van der Waals surface area contributed by atoms with E-state index in [0.717, 1.165) is 3.92 Å². The van der Waals surface area contributed by atoms with Crippen LogP contribution in [0.1, 0.15) is 39.0 Å². The minimum absolute atomic E-state index is 0.936. The van der Waals surface area contributed by atoms with Crippen LogP contribution in [0.3, 0.4) is 0 Å². The summed E-state index contributed by atoms with van der Waals surface area (Å²) in [6.45, 7) is 2.27. The first-order valence-corrected chi connectivity index (χ1v) is 6.78. The Balaban J connectivity index is 2.97. The van der Waals surface area contributed by atoms with Gasteiger partial charge in [-0.3, -0.25) is 0 Å². The monoisotopic (exact) mass is 366 g/mol. The summed E-state index contributed by atoms with van der Waals surface area (Å²) in [5.74, 6) is 0. The van der Waals surface area contributed by atoms with Gasteiger partial charge in [0.15, 0.2) is 0 Å². The molecule has 0 unspecified atom stereocenters. The largest absolute Gasteiger partial charge is 0.0864 e. The summed E-state index contributed by atoms with van der Waals surface area (Å²) in [5.41, 5.74) is 0. The Labute approximate surface area is 91.8 Å². The summed E-state index contributed by atoms with van der Waals surface area (Å²) >= 11 is 5.03. The Hall–Kier alpha value is 1.46. The number of halogens is 2. The van der Waals surface area contributed by atoms with Gasteiger partial charge in [-0.1, -0.05) is 64.9 Å². The van der Waals surface area contributed by atoms with Crippen molar-refractivity contribution in [3.05, 3.63) is 0 Å². The number of alkyl halides is 2. The van der Waals surface area contributed by atoms with Crippen molar-refractivity contribution in [1.82, 2.24) is 0 Å². The quantitative estimate of drug-likeness (QED) is 0.376. The summed E-state index contributed by atoms with van der Waals surface area (Å²) in [6.07, 6.45) is 7.01. The highest BCUT2D eigenvalue weighted by Crippen LogP contribution is 2.16. The molecule has 0 N–H and O–H groups in total. The Bertz CT molecular complexity index is 64.3. The topological polar surface area (TPSA) is 0 Å². The molecule has 0 aromatic carbocycles. The molecule has 62 valence electrons. The molecular formula is C8H16I2. The number of unbranched alkanes of at least 4 members (excludes halogenated alkanes) is 1. The van der Waals surface area contributed by atoms with Crippen LogP contribution in [0.5, 0.6) is 0 Å². The first-order chi connectivity index (χ1) is 4.81. The van der Waals surface area contributed by atoms with E-state index in [1.807, 2.05) is 0 Å². The van der Waals surface area contributed by atoms with E-state index in [9.17, 15) is 0 Å². The van der Waals surface area contributed by atoms with Crippen LogP contribution >= 0.6 is 45.2 Å². The smallest absolute Gasteiger partial charge is 0.0109 e.